The first-order valence-corrected chi connectivity index (χ1v) is 5.61. The first kappa shape index (κ1) is 10.6. The van der Waals surface area contributed by atoms with E-state index in [2.05, 4.69) is 57.2 Å². The molecule has 2 aromatic rings. The van der Waals surface area contributed by atoms with Crippen molar-refractivity contribution in [2.75, 3.05) is 0 Å². The Balaban J connectivity index is 2.49. The van der Waals surface area contributed by atoms with Gasteiger partial charge in [-0.05, 0) is 44.8 Å². The van der Waals surface area contributed by atoms with Gasteiger partial charge in [0.05, 0.1) is 0 Å². The third-order valence-electron chi connectivity index (χ3n) is 1.60. The van der Waals surface area contributed by atoms with E-state index in [0.29, 0.717) is 17.3 Å². The fourth-order valence-electron chi connectivity index (χ4n) is 0.953. The van der Waals surface area contributed by atoms with Crippen molar-refractivity contribution in [2.45, 2.75) is 6.92 Å². The predicted octanol–water partition coefficient (Wildman–Crippen LogP) is 2.16. The van der Waals surface area contributed by atoms with Gasteiger partial charge in [-0.15, -0.1) is 20.4 Å². The molecule has 0 aromatic carbocycles. The maximum Gasteiger partial charge on any atom is 0.223 e. The lowest BCUT2D eigenvalue weighted by Crippen LogP contribution is -2.00. The molecule has 0 saturated heterocycles. The highest BCUT2D eigenvalue weighted by Gasteiger charge is 2.09. The molecule has 0 atom stereocenters. The highest BCUT2D eigenvalue weighted by Crippen LogP contribution is 2.25. The monoisotopic (exact) mass is 329 g/mol. The second-order valence-corrected chi connectivity index (χ2v) is 4.52. The Hall–Kier alpha value is -0.950. The number of halogens is 2. The van der Waals surface area contributed by atoms with Crippen LogP contribution >= 0.6 is 31.9 Å². The van der Waals surface area contributed by atoms with Crippen LogP contribution in [0.15, 0.2) is 21.2 Å². The molecule has 0 radical (unpaired) electrons. The van der Waals surface area contributed by atoms with Crippen molar-refractivity contribution in [1.29, 1.82) is 0 Å². The fourth-order valence-corrected chi connectivity index (χ4v) is 2.12. The fraction of sp³-hybridized carbons (Fsp3) is 0.125. The Morgan fingerprint density at radius 2 is 1.73 bits per heavy atom. The second kappa shape index (κ2) is 4.28. The summed E-state index contributed by atoms with van der Waals surface area (Å²) in [6, 6.07) is 1.87. The molecule has 0 amide bonds. The van der Waals surface area contributed by atoms with Gasteiger partial charge in [-0.2, -0.15) is 0 Å². The summed E-state index contributed by atoms with van der Waals surface area (Å²) in [5, 5.41) is 15.5. The Labute approximate surface area is 103 Å². The van der Waals surface area contributed by atoms with Crippen molar-refractivity contribution >= 4 is 31.9 Å². The van der Waals surface area contributed by atoms with Crippen LogP contribution in [0.3, 0.4) is 0 Å². The van der Waals surface area contributed by atoms with Gasteiger partial charge in [0, 0.05) is 15.1 Å². The molecule has 76 valence electrons. The largest absolute Gasteiger partial charge is 0.250 e. The molecule has 2 aromatic heterocycles. The highest BCUT2D eigenvalue weighted by atomic mass is 79.9. The Morgan fingerprint density at radius 1 is 1.07 bits per heavy atom. The maximum absolute atomic E-state index is 4.18. The first-order valence-electron chi connectivity index (χ1n) is 4.02. The van der Waals surface area contributed by atoms with Crippen molar-refractivity contribution in [2.24, 2.45) is 0 Å². The van der Waals surface area contributed by atoms with Crippen LogP contribution in [-0.4, -0.2) is 25.4 Å². The first-order chi connectivity index (χ1) is 7.16. The van der Waals surface area contributed by atoms with E-state index in [-0.39, 0.29) is 0 Å². The third-order valence-corrected chi connectivity index (χ3v) is 2.64. The number of pyridine rings is 1. The van der Waals surface area contributed by atoms with Crippen LogP contribution in [0, 0.1) is 6.92 Å². The lowest BCUT2D eigenvalue weighted by Gasteiger charge is -2.00. The van der Waals surface area contributed by atoms with Crippen LogP contribution in [0.2, 0.25) is 0 Å². The Kier molecular flexibility index (Phi) is 3.01. The zero-order valence-corrected chi connectivity index (χ0v) is 10.8. The molecule has 7 heteroatoms. The van der Waals surface area contributed by atoms with Gasteiger partial charge in [-0.3, -0.25) is 4.98 Å². The molecule has 0 aliphatic heterocycles. The Bertz CT molecular complexity index is 485. The highest BCUT2D eigenvalue weighted by molar-refractivity contribution is 9.11. The zero-order valence-electron chi connectivity index (χ0n) is 7.65. The van der Waals surface area contributed by atoms with E-state index in [0.717, 1.165) is 8.95 Å². The minimum absolute atomic E-state index is 0.403. The van der Waals surface area contributed by atoms with Gasteiger partial charge in [0.2, 0.25) is 5.82 Å². The van der Waals surface area contributed by atoms with Crippen molar-refractivity contribution in [3.05, 3.63) is 27.0 Å². The van der Waals surface area contributed by atoms with E-state index in [4.69, 9.17) is 0 Å². The maximum atomic E-state index is 4.18. The quantitative estimate of drug-likeness (QED) is 0.801. The number of nitrogens with zero attached hydrogens (tertiary/aromatic N) is 5. The number of aryl methyl sites for hydroxylation is 1. The molecule has 0 saturated carbocycles. The molecular formula is C8H5Br2N5. The summed E-state index contributed by atoms with van der Waals surface area (Å²) in [6.07, 6.45) is 1.67. The molecule has 0 N–H and O–H groups in total. The molecule has 0 aliphatic carbocycles. The van der Waals surface area contributed by atoms with Gasteiger partial charge in [-0.1, -0.05) is 0 Å². The van der Waals surface area contributed by atoms with Crippen LogP contribution in [0.5, 0.6) is 0 Å². The number of hydrogen-bond donors (Lipinski definition) is 0. The summed E-state index contributed by atoms with van der Waals surface area (Å²) in [5.74, 6) is 0.937. The Morgan fingerprint density at radius 3 is 2.33 bits per heavy atom. The SMILES string of the molecule is Cc1nnc(-c2ncc(Br)cc2Br)nn1. The van der Waals surface area contributed by atoms with Gasteiger partial charge < -0.3 is 0 Å². The number of aromatic nitrogens is 5. The number of rotatable bonds is 1. The molecule has 2 heterocycles. The van der Waals surface area contributed by atoms with Crippen molar-refractivity contribution in [1.82, 2.24) is 25.4 Å². The van der Waals surface area contributed by atoms with Gasteiger partial charge >= 0.3 is 0 Å². The second-order valence-electron chi connectivity index (χ2n) is 2.75. The summed E-state index contributed by atoms with van der Waals surface area (Å²) in [7, 11) is 0. The molecule has 15 heavy (non-hydrogen) atoms. The van der Waals surface area contributed by atoms with Gasteiger partial charge in [-0.25, -0.2) is 0 Å². The van der Waals surface area contributed by atoms with E-state index in [1.165, 1.54) is 0 Å². The molecule has 0 unspecified atom stereocenters. The van der Waals surface area contributed by atoms with Crippen LogP contribution in [0.1, 0.15) is 5.82 Å². The van der Waals surface area contributed by atoms with E-state index >= 15 is 0 Å². The van der Waals surface area contributed by atoms with Gasteiger partial charge in [0.1, 0.15) is 5.69 Å². The van der Waals surface area contributed by atoms with E-state index in [9.17, 15) is 0 Å². The molecule has 0 spiro atoms. The van der Waals surface area contributed by atoms with Crippen molar-refractivity contribution < 1.29 is 0 Å². The van der Waals surface area contributed by atoms with E-state index in [1.54, 1.807) is 13.1 Å². The minimum Gasteiger partial charge on any atom is -0.250 e. The minimum atomic E-state index is 0.403. The van der Waals surface area contributed by atoms with E-state index < -0.39 is 0 Å². The molecule has 5 nitrogen and oxygen atoms in total. The normalized spacial score (nSPS) is 10.3. The number of hydrogen-bond acceptors (Lipinski definition) is 5. The van der Waals surface area contributed by atoms with E-state index in [1.807, 2.05) is 6.07 Å². The molecule has 2 rings (SSSR count). The zero-order chi connectivity index (χ0) is 10.8. The topological polar surface area (TPSA) is 64.5 Å². The average Bonchev–Trinajstić information content (AvgIpc) is 2.20. The molecule has 0 aliphatic rings. The summed E-state index contributed by atoms with van der Waals surface area (Å²) in [4.78, 5) is 4.18. The van der Waals surface area contributed by atoms with Crippen molar-refractivity contribution in [3.8, 4) is 11.5 Å². The van der Waals surface area contributed by atoms with Crippen LogP contribution in [0.25, 0.3) is 11.5 Å². The van der Waals surface area contributed by atoms with Crippen LogP contribution in [0.4, 0.5) is 0 Å². The molecule has 0 bridgehead atoms. The summed E-state index contributed by atoms with van der Waals surface area (Å²) < 4.78 is 1.68. The molecule has 0 fully saturated rings. The molecular weight excluding hydrogens is 326 g/mol. The lowest BCUT2D eigenvalue weighted by molar-refractivity contribution is 0.811. The van der Waals surface area contributed by atoms with Gasteiger partial charge in [0.25, 0.3) is 0 Å². The average molecular weight is 331 g/mol. The summed E-state index contributed by atoms with van der Waals surface area (Å²) in [6.45, 7) is 1.73. The standard InChI is InChI=1S/C8H5Br2N5/c1-4-12-14-8(15-13-4)7-6(10)2-5(9)3-11-7/h2-3H,1H3. The summed E-state index contributed by atoms with van der Waals surface area (Å²) >= 11 is 6.69. The van der Waals surface area contributed by atoms with Crippen LogP contribution in [-0.2, 0) is 0 Å². The van der Waals surface area contributed by atoms with Crippen LogP contribution < -0.4 is 0 Å². The summed E-state index contributed by atoms with van der Waals surface area (Å²) in [5.41, 5.74) is 0.623. The smallest absolute Gasteiger partial charge is 0.223 e. The third kappa shape index (κ3) is 2.35. The predicted molar refractivity (Wildman–Crippen MR) is 61.0 cm³/mol. The van der Waals surface area contributed by atoms with Gasteiger partial charge in [0.15, 0.2) is 5.82 Å². The lowest BCUT2D eigenvalue weighted by atomic mass is 10.3. The van der Waals surface area contributed by atoms with Crippen molar-refractivity contribution in [3.63, 3.8) is 0 Å².